The third-order valence-electron chi connectivity index (χ3n) is 3.94. The molecule has 1 aliphatic rings. The number of anilines is 1. The third kappa shape index (κ3) is 2.80. The Labute approximate surface area is 141 Å². The van der Waals surface area contributed by atoms with Gasteiger partial charge >= 0.3 is 0 Å². The second-order valence-corrected chi connectivity index (χ2v) is 7.83. The zero-order valence-electron chi connectivity index (χ0n) is 12.6. The van der Waals surface area contributed by atoms with Gasteiger partial charge in [-0.3, -0.25) is 4.31 Å². The molecule has 0 unspecified atom stereocenters. The van der Waals surface area contributed by atoms with Crippen LogP contribution >= 0.6 is 11.6 Å². The summed E-state index contributed by atoms with van der Waals surface area (Å²) in [5.41, 5.74) is 2.91. The fourth-order valence-corrected chi connectivity index (χ4v) is 4.81. The predicted molar refractivity (Wildman–Crippen MR) is 90.2 cm³/mol. The molecule has 0 radical (unpaired) electrons. The molecule has 118 valence electrons. The van der Waals surface area contributed by atoms with Gasteiger partial charge in [-0.15, -0.1) is 0 Å². The maximum Gasteiger partial charge on any atom is 0.265 e. The van der Waals surface area contributed by atoms with Gasteiger partial charge in [-0.1, -0.05) is 29.3 Å². The van der Waals surface area contributed by atoms with Crippen LogP contribution in [0.5, 0.6) is 0 Å². The largest absolute Gasteiger partial charge is 0.266 e. The molecule has 1 heterocycles. The maximum atomic E-state index is 13.1. The van der Waals surface area contributed by atoms with E-state index in [0.29, 0.717) is 17.3 Å². The number of rotatable bonds is 2. The Balaban J connectivity index is 2.16. The number of nitrogens with zero attached hydrogens (tertiary/aromatic N) is 2. The molecule has 0 amide bonds. The number of hydrogen-bond donors (Lipinski definition) is 0. The molecule has 0 aromatic heterocycles. The molecule has 2 aromatic rings. The molecule has 0 N–H and O–H groups in total. The summed E-state index contributed by atoms with van der Waals surface area (Å²) >= 11 is 5.95. The van der Waals surface area contributed by atoms with E-state index in [1.165, 1.54) is 22.5 Å². The van der Waals surface area contributed by atoms with Gasteiger partial charge in [0.2, 0.25) is 0 Å². The maximum absolute atomic E-state index is 13.1. The first-order valence-electron chi connectivity index (χ1n) is 7.25. The van der Waals surface area contributed by atoms with Gasteiger partial charge in [-0.05, 0) is 49.6 Å². The van der Waals surface area contributed by atoms with Crippen molar-refractivity contribution in [3.8, 4) is 6.07 Å². The minimum Gasteiger partial charge on any atom is -0.266 e. The van der Waals surface area contributed by atoms with Gasteiger partial charge in [0, 0.05) is 11.6 Å². The highest BCUT2D eigenvalue weighted by Crippen LogP contribution is 2.34. The standard InChI is InChI=1S/C17H15ClN2O2S/c1-12-4-7-16-13(9-12)3-2-8-20(16)23(21,22)17-10-15(18)6-5-14(17)11-19/h4-7,9-10H,2-3,8H2,1H3. The summed E-state index contributed by atoms with van der Waals surface area (Å²) < 4.78 is 27.6. The van der Waals surface area contributed by atoms with Crippen molar-refractivity contribution in [1.29, 1.82) is 5.26 Å². The first-order chi connectivity index (χ1) is 10.9. The van der Waals surface area contributed by atoms with Crippen LogP contribution in [0.3, 0.4) is 0 Å². The zero-order chi connectivity index (χ0) is 16.6. The van der Waals surface area contributed by atoms with Crippen LogP contribution in [0.15, 0.2) is 41.3 Å². The van der Waals surface area contributed by atoms with Crippen molar-refractivity contribution in [2.24, 2.45) is 0 Å². The van der Waals surface area contributed by atoms with Crippen LogP contribution in [0, 0.1) is 18.3 Å². The molecule has 3 rings (SSSR count). The summed E-state index contributed by atoms with van der Waals surface area (Å²) in [4.78, 5) is -0.0408. The van der Waals surface area contributed by atoms with Crippen molar-refractivity contribution in [2.75, 3.05) is 10.8 Å². The number of sulfonamides is 1. The van der Waals surface area contributed by atoms with Crippen LogP contribution in [0.1, 0.15) is 23.1 Å². The van der Waals surface area contributed by atoms with Gasteiger partial charge in [0.1, 0.15) is 11.0 Å². The Morgan fingerprint density at radius 1 is 1.22 bits per heavy atom. The van der Waals surface area contributed by atoms with E-state index in [2.05, 4.69) is 0 Å². The van der Waals surface area contributed by atoms with Gasteiger partial charge in [0.05, 0.1) is 11.3 Å². The fraction of sp³-hybridized carbons (Fsp3) is 0.235. The van der Waals surface area contributed by atoms with Gasteiger partial charge in [0.25, 0.3) is 10.0 Å². The summed E-state index contributed by atoms with van der Waals surface area (Å²) in [7, 11) is -3.83. The highest BCUT2D eigenvalue weighted by molar-refractivity contribution is 7.93. The van der Waals surface area contributed by atoms with Crippen LogP contribution in [-0.4, -0.2) is 15.0 Å². The van der Waals surface area contributed by atoms with Crippen molar-refractivity contribution >= 4 is 27.3 Å². The molecular formula is C17H15ClN2O2S. The van der Waals surface area contributed by atoms with Crippen LogP contribution < -0.4 is 4.31 Å². The lowest BCUT2D eigenvalue weighted by molar-refractivity contribution is 0.586. The molecule has 2 aromatic carbocycles. The van der Waals surface area contributed by atoms with E-state index in [4.69, 9.17) is 11.6 Å². The molecular weight excluding hydrogens is 332 g/mol. The summed E-state index contributed by atoms with van der Waals surface area (Å²) in [6.07, 6.45) is 1.60. The molecule has 0 saturated carbocycles. The Hall–Kier alpha value is -2.03. The van der Waals surface area contributed by atoms with E-state index in [1.54, 1.807) is 0 Å². The van der Waals surface area contributed by atoms with Crippen molar-refractivity contribution in [2.45, 2.75) is 24.7 Å². The van der Waals surface area contributed by atoms with E-state index >= 15 is 0 Å². The lowest BCUT2D eigenvalue weighted by Crippen LogP contribution is -2.35. The second-order valence-electron chi connectivity index (χ2n) is 5.57. The van der Waals surface area contributed by atoms with Crippen LogP contribution in [0.2, 0.25) is 5.02 Å². The van der Waals surface area contributed by atoms with E-state index in [-0.39, 0.29) is 10.5 Å². The van der Waals surface area contributed by atoms with Gasteiger partial charge < -0.3 is 0 Å². The summed E-state index contributed by atoms with van der Waals surface area (Å²) in [5.74, 6) is 0. The Bertz CT molecular complexity index is 917. The molecule has 6 heteroatoms. The fourth-order valence-electron chi connectivity index (χ4n) is 2.86. The van der Waals surface area contributed by atoms with Crippen molar-refractivity contribution < 1.29 is 8.42 Å². The van der Waals surface area contributed by atoms with Gasteiger partial charge in [-0.25, -0.2) is 8.42 Å². The number of fused-ring (bicyclic) bond motifs is 1. The van der Waals surface area contributed by atoms with E-state index in [0.717, 1.165) is 24.0 Å². The number of benzene rings is 2. The average Bonchev–Trinajstić information content (AvgIpc) is 2.53. The van der Waals surface area contributed by atoms with Crippen LogP contribution in [-0.2, 0) is 16.4 Å². The van der Waals surface area contributed by atoms with Crippen molar-refractivity contribution in [3.05, 3.63) is 58.1 Å². The highest BCUT2D eigenvalue weighted by Gasteiger charge is 2.31. The summed E-state index contributed by atoms with van der Waals surface area (Å²) in [5, 5.41) is 9.52. The van der Waals surface area contributed by atoms with E-state index in [1.807, 2.05) is 31.2 Å². The Morgan fingerprint density at radius 3 is 2.74 bits per heavy atom. The van der Waals surface area contributed by atoms with E-state index in [9.17, 15) is 13.7 Å². The molecule has 0 saturated heterocycles. The minimum absolute atomic E-state index is 0.0408. The number of nitriles is 1. The normalized spacial score (nSPS) is 14.2. The van der Waals surface area contributed by atoms with E-state index < -0.39 is 10.0 Å². The molecule has 0 fully saturated rings. The number of hydrogen-bond acceptors (Lipinski definition) is 3. The van der Waals surface area contributed by atoms with Gasteiger partial charge in [-0.2, -0.15) is 5.26 Å². The zero-order valence-corrected chi connectivity index (χ0v) is 14.2. The first kappa shape index (κ1) is 15.9. The average molecular weight is 347 g/mol. The van der Waals surface area contributed by atoms with Crippen LogP contribution in [0.25, 0.3) is 0 Å². The predicted octanol–water partition coefficient (Wildman–Crippen LogP) is 3.66. The summed E-state index contributed by atoms with van der Waals surface area (Å²) in [6.45, 7) is 2.38. The van der Waals surface area contributed by atoms with Gasteiger partial charge in [0.15, 0.2) is 0 Å². The topological polar surface area (TPSA) is 61.2 Å². The smallest absolute Gasteiger partial charge is 0.265 e. The molecule has 4 nitrogen and oxygen atoms in total. The van der Waals surface area contributed by atoms with Crippen molar-refractivity contribution in [3.63, 3.8) is 0 Å². The highest BCUT2D eigenvalue weighted by atomic mass is 35.5. The molecule has 1 aliphatic heterocycles. The lowest BCUT2D eigenvalue weighted by atomic mass is 10.0. The summed E-state index contributed by atoms with van der Waals surface area (Å²) in [6, 6.07) is 12.0. The number of aryl methyl sites for hydroxylation is 2. The first-order valence-corrected chi connectivity index (χ1v) is 9.07. The van der Waals surface area contributed by atoms with Crippen LogP contribution in [0.4, 0.5) is 5.69 Å². The molecule has 23 heavy (non-hydrogen) atoms. The lowest BCUT2D eigenvalue weighted by Gasteiger charge is -2.31. The number of halogens is 1. The second kappa shape index (κ2) is 5.88. The Kier molecular flexibility index (Phi) is 4.05. The van der Waals surface area contributed by atoms with Crippen molar-refractivity contribution in [1.82, 2.24) is 0 Å². The monoisotopic (exact) mass is 346 g/mol. The SMILES string of the molecule is Cc1ccc2c(c1)CCCN2S(=O)(=O)c1cc(Cl)ccc1C#N. The molecule has 0 bridgehead atoms. The minimum atomic E-state index is -3.83. The molecule has 0 spiro atoms. The molecule has 0 atom stereocenters. The quantitative estimate of drug-likeness (QED) is 0.833. The molecule has 0 aliphatic carbocycles. The third-order valence-corrected chi connectivity index (χ3v) is 6.03. The Morgan fingerprint density at radius 2 is 2.00 bits per heavy atom.